The van der Waals surface area contributed by atoms with E-state index in [1.165, 1.54) is 0 Å². The molecule has 76 valence electrons. The number of hydrogen-bond donors (Lipinski definition) is 2. The van der Waals surface area contributed by atoms with Gasteiger partial charge in [0.05, 0.1) is 12.1 Å². The van der Waals surface area contributed by atoms with E-state index in [9.17, 15) is 9.90 Å². The highest BCUT2D eigenvalue weighted by atomic mass is 16.3. The van der Waals surface area contributed by atoms with Crippen LogP contribution in [0.25, 0.3) is 0 Å². The molecule has 1 heterocycles. The van der Waals surface area contributed by atoms with Crippen LogP contribution in [0.5, 0.6) is 0 Å². The molecule has 3 atom stereocenters. The van der Waals surface area contributed by atoms with Gasteiger partial charge in [0.2, 0.25) is 5.91 Å². The zero-order chi connectivity index (χ0) is 10.0. The minimum absolute atomic E-state index is 0.0382. The molecule has 0 aromatic rings. The van der Waals surface area contributed by atoms with Crippen molar-refractivity contribution in [1.82, 2.24) is 4.90 Å². The van der Waals surface area contributed by atoms with Gasteiger partial charge in [-0.2, -0.15) is 0 Å². The first-order chi connectivity index (χ1) is 6.04. The van der Waals surface area contributed by atoms with Crippen LogP contribution >= 0.6 is 0 Å². The van der Waals surface area contributed by atoms with E-state index in [0.717, 1.165) is 19.4 Å². The Hall–Kier alpha value is -0.610. The largest absolute Gasteiger partial charge is 0.392 e. The molecular weight excluding hydrogens is 168 g/mol. The molecule has 0 aromatic heterocycles. The molecule has 1 saturated heterocycles. The maximum absolute atomic E-state index is 10.9. The number of nitrogens with zero attached hydrogens (tertiary/aromatic N) is 1. The summed E-state index contributed by atoms with van der Waals surface area (Å²) in [5.41, 5.74) is 5.21. The van der Waals surface area contributed by atoms with Gasteiger partial charge in [-0.3, -0.25) is 9.69 Å². The van der Waals surface area contributed by atoms with Crippen molar-refractivity contribution in [3.8, 4) is 0 Å². The van der Waals surface area contributed by atoms with E-state index in [0.29, 0.717) is 0 Å². The molecule has 1 aliphatic rings. The van der Waals surface area contributed by atoms with E-state index in [2.05, 4.69) is 0 Å². The van der Waals surface area contributed by atoms with Crippen molar-refractivity contribution < 1.29 is 9.90 Å². The third-order valence-corrected chi connectivity index (χ3v) is 2.91. The molecule has 13 heavy (non-hydrogen) atoms. The molecular formula is C9H18N2O2. The Bertz CT molecular complexity index is 196. The standard InChI is InChI=1S/C9H18N2O2/c1-6-8(12)4-3-5-11(6)7(2)9(10)13/h6-8,12H,3-5H2,1-2H3,(H2,10,13). The summed E-state index contributed by atoms with van der Waals surface area (Å²) in [5.74, 6) is -0.319. The zero-order valence-electron chi connectivity index (χ0n) is 8.23. The third-order valence-electron chi connectivity index (χ3n) is 2.91. The normalized spacial score (nSPS) is 32.8. The monoisotopic (exact) mass is 186 g/mol. The van der Waals surface area contributed by atoms with Crippen LogP contribution in [0.15, 0.2) is 0 Å². The molecule has 0 saturated carbocycles. The molecule has 0 aromatic carbocycles. The number of amides is 1. The highest BCUT2D eigenvalue weighted by Gasteiger charge is 2.31. The number of primary amides is 1. The summed E-state index contributed by atoms with van der Waals surface area (Å²) in [6, 6.07) is -0.235. The van der Waals surface area contributed by atoms with E-state index < -0.39 is 0 Å². The lowest BCUT2D eigenvalue weighted by Gasteiger charge is -2.39. The number of aliphatic hydroxyl groups is 1. The molecule has 4 heteroatoms. The summed E-state index contributed by atoms with van der Waals surface area (Å²) in [6.07, 6.45) is 1.43. The van der Waals surface area contributed by atoms with Gasteiger partial charge in [0.15, 0.2) is 0 Å². The summed E-state index contributed by atoms with van der Waals surface area (Å²) in [5, 5.41) is 9.58. The summed E-state index contributed by atoms with van der Waals surface area (Å²) >= 11 is 0. The Balaban J connectivity index is 2.62. The summed E-state index contributed by atoms with van der Waals surface area (Å²) < 4.78 is 0. The molecule has 0 aliphatic carbocycles. The Kier molecular flexibility index (Phi) is 3.27. The number of nitrogens with two attached hydrogens (primary N) is 1. The molecule has 0 radical (unpaired) electrons. The van der Waals surface area contributed by atoms with E-state index in [4.69, 9.17) is 5.73 Å². The lowest BCUT2D eigenvalue weighted by Crippen LogP contribution is -2.54. The van der Waals surface area contributed by atoms with Crippen LogP contribution in [0.4, 0.5) is 0 Å². The van der Waals surface area contributed by atoms with Crippen LogP contribution < -0.4 is 5.73 Å². The predicted octanol–water partition coefficient (Wildman–Crippen LogP) is -0.295. The number of carbonyl (C=O) groups is 1. The SMILES string of the molecule is CC(C(N)=O)N1CCCC(O)C1C. The number of carbonyl (C=O) groups excluding carboxylic acids is 1. The number of rotatable bonds is 2. The summed E-state index contributed by atoms with van der Waals surface area (Å²) in [6.45, 7) is 4.57. The average Bonchev–Trinajstić information content (AvgIpc) is 2.08. The quantitative estimate of drug-likeness (QED) is 0.622. The van der Waals surface area contributed by atoms with Gasteiger partial charge >= 0.3 is 0 Å². The van der Waals surface area contributed by atoms with E-state index in [-0.39, 0.29) is 24.1 Å². The minimum Gasteiger partial charge on any atom is -0.392 e. The Morgan fingerprint density at radius 2 is 2.31 bits per heavy atom. The second-order valence-corrected chi connectivity index (χ2v) is 3.77. The predicted molar refractivity (Wildman–Crippen MR) is 50.1 cm³/mol. The second-order valence-electron chi connectivity index (χ2n) is 3.77. The van der Waals surface area contributed by atoms with Crippen molar-refractivity contribution in [2.45, 2.75) is 44.9 Å². The van der Waals surface area contributed by atoms with Gasteiger partial charge in [-0.1, -0.05) is 0 Å². The Morgan fingerprint density at radius 3 is 2.85 bits per heavy atom. The van der Waals surface area contributed by atoms with Crippen molar-refractivity contribution in [2.24, 2.45) is 5.73 Å². The van der Waals surface area contributed by atoms with E-state index >= 15 is 0 Å². The Labute approximate surface area is 78.7 Å². The van der Waals surface area contributed by atoms with E-state index in [1.54, 1.807) is 6.92 Å². The minimum atomic E-state index is -0.324. The van der Waals surface area contributed by atoms with Crippen LogP contribution in [-0.4, -0.2) is 40.6 Å². The van der Waals surface area contributed by atoms with Crippen LogP contribution in [0, 0.1) is 0 Å². The number of piperidine rings is 1. The highest BCUT2D eigenvalue weighted by molar-refractivity contribution is 5.79. The molecule has 1 amide bonds. The fraction of sp³-hybridized carbons (Fsp3) is 0.889. The lowest BCUT2D eigenvalue weighted by molar-refractivity contribution is -0.125. The van der Waals surface area contributed by atoms with Gasteiger partial charge < -0.3 is 10.8 Å². The fourth-order valence-corrected chi connectivity index (χ4v) is 1.86. The molecule has 4 nitrogen and oxygen atoms in total. The third kappa shape index (κ3) is 2.19. The maximum atomic E-state index is 10.9. The molecule has 0 bridgehead atoms. The van der Waals surface area contributed by atoms with E-state index in [1.807, 2.05) is 11.8 Å². The number of hydrogen-bond acceptors (Lipinski definition) is 3. The van der Waals surface area contributed by atoms with Crippen molar-refractivity contribution in [1.29, 1.82) is 0 Å². The van der Waals surface area contributed by atoms with Crippen LogP contribution in [-0.2, 0) is 4.79 Å². The second kappa shape index (κ2) is 4.07. The van der Waals surface area contributed by atoms with Crippen molar-refractivity contribution in [3.63, 3.8) is 0 Å². The van der Waals surface area contributed by atoms with Crippen LogP contribution in [0.2, 0.25) is 0 Å². The molecule has 0 spiro atoms. The first-order valence-corrected chi connectivity index (χ1v) is 4.77. The van der Waals surface area contributed by atoms with Gasteiger partial charge in [-0.25, -0.2) is 0 Å². The molecule has 1 rings (SSSR count). The van der Waals surface area contributed by atoms with Gasteiger partial charge in [0.25, 0.3) is 0 Å². The van der Waals surface area contributed by atoms with Crippen molar-refractivity contribution >= 4 is 5.91 Å². The molecule has 3 N–H and O–H groups in total. The van der Waals surface area contributed by atoms with Crippen LogP contribution in [0.3, 0.4) is 0 Å². The molecule has 1 aliphatic heterocycles. The van der Waals surface area contributed by atoms with Crippen molar-refractivity contribution in [2.75, 3.05) is 6.54 Å². The average molecular weight is 186 g/mol. The van der Waals surface area contributed by atoms with Gasteiger partial charge in [0.1, 0.15) is 0 Å². The first-order valence-electron chi connectivity index (χ1n) is 4.77. The van der Waals surface area contributed by atoms with Crippen molar-refractivity contribution in [3.05, 3.63) is 0 Å². The lowest BCUT2D eigenvalue weighted by atomic mass is 9.98. The Morgan fingerprint density at radius 1 is 1.69 bits per heavy atom. The van der Waals surface area contributed by atoms with Gasteiger partial charge in [0, 0.05) is 6.04 Å². The van der Waals surface area contributed by atoms with Gasteiger partial charge in [-0.15, -0.1) is 0 Å². The zero-order valence-corrected chi connectivity index (χ0v) is 8.23. The highest BCUT2D eigenvalue weighted by Crippen LogP contribution is 2.19. The summed E-state index contributed by atoms with van der Waals surface area (Å²) in [4.78, 5) is 12.9. The topological polar surface area (TPSA) is 66.6 Å². The molecule has 1 fully saturated rings. The van der Waals surface area contributed by atoms with Crippen LogP contribution in [0.1, 0.15) is 26.7 Å². The number of aliphatic hydroxyl groups excluding tert-OH is 1. The fourth-order valence-electron chi connectivity index (χ4n) is 1.86. The first kappa shape index (κ1) is 10.5. The number of likely N-dealkylation sites (tertiary alicyclic amines) is 1. The maximum Gasteiger partial charge on any atom is 0.234 e. The van der Waals surface area contributed by atoms with Gasteiger partial charge in [-0.05, 0) is 33.2 Å². The molecule has 3 unspecified atom stereocenters. The smallest absolute Gasteiger partial charge is 0.234 e. The summed E-state index contributed by atoms with van der Waals surface area (Å²) in [7, 11) is 0.